The third kappa shape index (κ3) is 2.77. The molecule has 0 aromatic carbocycles. The molecule has 1 aromatic rings. The Bertz CT molecular complexity index is 375. The van der Waals surface area contributed by atoms with Crippen molar-refractivity contribution in [3.05, 3.63) is 23.9 Å². The van der Waals surface area contributed by atoms with E-state index in [9.17, 15) is 9.59 Å². The summed E-state index contributed by atoms with van der Waals surface area (Å²) in [6, 6.07) is 3.16. The molecule has 0 N–H and O–H groups in total. The van der Waals surface area contributed by atoms with Crippen molar-refractivity contribution in [3.8, 4) is 5.88 Å². The molecule has 0 aliphatic rings. The lowest BCUT2D eigenvalue weighted by molar-refractivity contribution is -0.139. The van der Waals surface area contributed by atoms with Crippen LogP contribution < -0.4 is 4.74 Å². The molecule has 5 nitrogen and oxygen atoms in total. The number of hydrogen-bond donors (Lipinski definition) is 0. The van der Waals surface area contributed by atoms with Crippen molar-refractivity contribution in [2.75, 3.05) is 14.2 Å². The molecule has 80 valence electrons. The van der Waals surface area contributed by atoms with Gasteiger partial charge < -0.3 is 9.47 Å². The molecule has 0 aliphatic heterocycles. The van der Waals surface area contributed by atoms with E-state index in [0.717, 1.165) is 0 Å². The van der Waals surface area contributed by atoms with Gasteiger partial charge >= 0.3 is 5.97 Å². The van der Waals surface area contributed by atoms with Crippen LogP contribution in [0.1, 0.15) is 16.8 Å². The Labute approximate surface area is 87.0 Å². The maximum absolute atomic E-state index is 11.6. The van der Waals surface area contributed by atoms with Gasteiger partial charge in [0.2, 0.25) is 5.88 Å². The molecule has 5 heteroatoms. The maximum atomic E-state index is 11.6. The molecule has 1 heterocycles. The van der Waals surface area contributed by atoms with Crippen LogP contribution in [0.5, 0.6) is 5.88 Å². The number of carbonyl (C=O) groups excluding carboxylic acids is 2. The van der Waals surface area contributed by atoms with E-state index in [1.54, 1.807) is 12.1 Å². The number of pyridine rings is 1. The number of Topliss-reactive ketones (excluding diaryl/α,β-unsaturated/α-hetero) is 1. The molecule has 1 rings (SSSR count). The molecule has 0 amide bonds. The van der Waals surface area contributed by atoms with Crippen molar-refractivity contribution in [1.29, 1.82) is 0 Å². The summed E-state index contributed by atoms with van der Waals surface area (Å²) >= 11 is 0. The molecule has 0 saturated heterocycles. The second kappa shape index (κ2) is 5.09. The first-order valence-electron chi connectivity index (χ1n) is 4.28. The number of ketones is 1. The molecule has 0 bridgehead atoms. The van der Waals surface area contributed by atoms with Crippen molar-refractivity contribution < 1.29 is 19.1 Å². The predicted molar refractivity (Wildman–Crippen MR) is 51.8 cm³/mol. The number of esters is 1. The molecule has 0 saturated carbocycles. The van der Waals surface area contributed by atoms with Crippen molar-refractivity contribution >= 4 is 11.8 Å². The second-order valence-electron chi connectivity index (χ2n) is 2.74. The van der Waals surface area contributed by atoms with Gasteiger partial charge in [-0.15, -0.1) is 0 Å². The summed E-state index contributed by atoms with van der Waals surface area (Å²) in [4.78, 5) is 26.3. The third-order valence-electron chi connectivity index (χ3n) is 1.80. The van der Waals surface area contributed by atoms with Crippen molar-refractivity contribution in [2.24, 2.45) is 0 Å². The summed E-state index contributed by atoms with van der Waals surface area (Å²) in [7, 11) is 2.65. The van der Waals surface area contributed by atoms with Crippen LogP contribution in [0.3, 0.4) is 0 Å². The maximum Gasteiger partial charge on any atom is 0.313 e. The van der Waals surface area contributed by atoms with Gasteiger partial charge in [-0.3, -0.25) is 9.59 Å². The van der Waals surface area contributed by atoms with Gasteiger partial charge in [0.25, 0.3) is 0 Å². The molecule has 0 fully saturated rings. The van der Waals surface area contributed by atoms with Gasteiger partial charge in [-0.25, -0.2) is 4.98 Å². The van der Waals surface area contributed by atoms with Crippen molar-refractivity contribution in [2.45, 2.75) is 6.42 Å². The number of ether oxygens (including phenoxy) is 2. The first-order valence-corrected chi connectivity index (χ1v) is 4.28. The van der Waals surface area contributed by atoms with E-state index in [4.69, 9.17) is 4.74 Å². The van der Waals surface area contributed by atoms with Crippen LogP contribution in [0, 0.1) is 0 Å². The molecular weight excluding hydrogens is 198 g/mol. The first-order chi connectivity index (χ1) is 7.19. The highest BCUT2D eigenvalue weighted by atomic mass is 16.5. The number of carbonyl (C=O) groups is 2. The Kier molecular flexibility index (Phi) is 3.79. The van der Waals surface area contributed by atoms with E-state index in [2.05, 4.69) is 9.72 Å². The number of hydrogen-bond acceptors (Lipinski definition) is 5. The molecule has 0 aliphatic carbocycles. The Balaban J connectivity index is 2.86. The Hall–Kier alpha value is -1.91. The van der Waals surface area contributed by atoms with E-state index in [1.807, 2.05) is 0 Å². The second-order valence-corrected chi connectivity index (χ2v) is 2.74. The molecule has 0 radical (unpaired) electrons. The highest BCUT2D eigenvalue weighted by Gasteiger charge is 2.16. The summed E-state index contributed by atoms with van der Waals surface area (Å²) in [5, 5.41) is 0. The fourth-order valence-corrected chi connectivity index (χ4v) is 1.06. The molecule has 15 heavy (non-hydrogen) atoms. The van der Waals surface area contributed by atoms with E-state index >= 15 is 0 Å². The highest BCUT2D eigenvalue weighted by Crippen LogP contribution is 2.15. The van der Waals surface area contributed by atoms with Crippen LogP contribution in [0.4, 0.5) is 0 Å². The molecule has 1 aromatic heterocycles. The van der Waals surface area contributed by atoms with Crippen molar-refractivity contribution in [1.82, 2.24) is 4.98 Å². The van der Waals surface area contributed by atoms with Gasteiger partial charge in [0.1, 0.15) is 6.42 Å². The number of rotatable bonds is 4. The standard InChI is InChI=1S/C10H11NO4/c1-14-9(13)6-8(12)7-4-3-5-11-10(7)15-2/h3-5H,6H2,1-2H3. The molecular formula is C10H11NO4. The average molecular weight is 209 g/mol. The molecule has 0 atom stereocenters. The Morgan fingerprint density at radius 2 is 2.13 bits per heavy atom. The zero-order valence-corrected chi connectivity index (χ0v) is 8.52. The summed E-state index contributed by atoms with van der Waals surface area (Å²) in [5.74, 6) is -0.732. The van der Waals surface area contributed by atoms with Gasteiger partial charge in [0, 0.05) is 6.20 Å². The quantitative estimate of drug-likeness (QED) is 0.417. The van der Waals surface area contributed by atoms with E-state index < -0.39 is 5.97 Å². The van der Waals surface area contributed by atoms with E-state index in [1.165, 1.54) is 20.4 Å². The smallest absolute Gasteiger partial charge is 0.313 e. The first kappa shape index (κ1) is 11.2. The SMILES string of the molecule is COC(=O)CC(=O)c1cccnc1OC. The third-order valence-corrected chi connectivity index (χ3v) is 1.80. The van der Waals surface area contributed by atoms with Crippen LogP contribution in [0.2, 0.25) is 0 Å². The van der Waals surface area contributed by atoms with Gasteiger partial charge in [-0.2, -0.15) is 0 Å². The summed E-state index contributed by atoms with van der Waals surface area (Å²) < 4.78 is 9.29. The summed E-state index contributed by atoms with van der Waals surface area (Å²) in [5.41, 5.74) is 0.283. The van der Waals surface area contributed by atoms with Crippen LogP contribution in [-0.2, 0) is 9.53 Å². The Morgan fingerprint density at radius 3 is 2.73 bits per heavy atom. The minimum Gasteiger partial charge on any atom is -0.480 e. The predicted octanol–water partition coefficient (Wildman–Crippen LogP) is 0.836. The average Bonchev–Trinajstić information content (AvgIpc) is 2.28. The minimum atomic E-state index is -0.578. The fraction of sp³-hybridized carbons (Fsp3) is 0.300. The van der Waals surface area contributed by atoms with Crippen LogP contribution in [-0.4, -0.2) is 31.0 Å². The zero-order valence-electron chi connectivity index (χ0n) is 8.52. The normalized spacial score (nSPS) is 9.47. The fourth-order valence-electron chi connectivity index (χ4n) is 1.06. The van der Waals surface area contributed by atoms with Gasteiger partial charge in [0.15, 0.2) is 5.78 Å². The van der Waals surface area contributed by atoms with Gasteiger partial charge in [0.05, 0.1) is 19.8 Å². The molecule has 0 spiro atoms. The topological polar surface area (TPSA) is 65.5 Å². The van der Waals surface area contributed by atoms with Gasteiger partial charge in [-0.05, 0) is 12.1 Å². The summed E-state index contributed by atoms with van der Waals surface area (Å²) in [6.07, 6.45) is 1.20. The monoisotopic (exact) mass is 209 g/mol. The van der Waals surface area contributed by atoms with Crippen LogP contribution >= 0.6 is 0 Å². The Morgan fingerprint density at radius 1 is 1.40 bits per heavy atom. The lowest BCUT2D eigenvalue weighted by atomic mass is 10.1. The summed E-state index contributed by atoms with van der Waals surface area (Å²) in [6.45, 7) is 0. The van der Waals surface area contributed by atoms with Gasteiger partial charge in [-0.1, -0.05) is 0 Å². The lowest BCUT2D eigenvalue weighted by Crippen LogP contribution is -2.11. The van der Waals surface area contributed by atoms with E-state index in [-0.39, 0.29) is 23.6 Å². The number of nitrogens with zero attached hydrogens (tertiary/aromatic N) is 1. The van der Waals surface area contributed by atoms with Crippen LogP contribution in [0.25, 0.3) is 0 Å². The number of methoxy groups -OCH3 is 2. The lowest BCUT2D eigenvalue weighted by Gasteiger charge is -2.04. The van der Waals surface area contributed by atoms with Crippen LogP contribution in [0.15, 0.2) is 18.3 Å². The van der Waals surface area contributed by atoms with Crippen molar-refractivity contribution in [3.63, 3.8) is 0 Å². The largest absolute Gasteiger partial charge is 0.480 e. The molecule has 0 unspecified atom stereocenters. The zero-order chi connectivity index (χ0) is 11.3. The highest BCUT2D eigenvalue weighted by molar-refractivity contribution is 6.07. The minimum absolute atomic E-state index is 0.214. The van der Waals surface area contributed by atoms with E-state index in [0.29, 0.717) is 0 Å². The number of aromatic nitrogens is 1.